The van der Waals surface area contributed by atoms with Gasteiger partial charge in [-0.1, -0.05) is 6.07 Å². The van der Waals surface area contributed by atoms with Crippen molar-refractivity contribution in [3.05, 3.63) is 77.8 Å². The molecule has 1 amide bonds. The molecule has 4 rings (SSSR count). The van der Waals surface area contributed by atoms with Crippen LogP contribution in [0, 0.1) is 5.82 Å². The molecule has 0 bridgehead atoms. The largest absolute Gasteiger partial charge is 0.347 e. The van der Waals surface area contributed by atoms with Crippen molar-refractivity contribution in [2.24, 2.45) is 0 Å². The standard InChI is InChI=1S/C18H13FN6OS/c19-13-8-12(2-3-15(13)25-7-6-20-11-25)9-23-17(26)14-10-27-18(24-14)16-21-4-1-5-22-16/h1-8,10-11H,9H2,(H,23,26). The molecule has 1 N–H and O–H groups in total. The Morgan fingerprint density at radius 3 is 2.81 bits per heavy atom. The molecule has 0 radical (unpaired) electrons. The maximum Gasteiger partial charge on any atom is 0.271 e. The van der Waals surface area contributed by atoms with Crippen LogP contribution in [0.15, 0.2) is 60.8 Å². The fourth-order valence-corrected chi connectivity index (χ4v) is 3.18. The third-order valence-electron chi connectivity index (χ3n) is 3.74. The second-order valence-electron chi connectivity index (χ2n) is 5.55. The summed E-state index contributed by atoms with van der Waals surface area (Å²) in [6.07, 6.45) is 8.00. The van der Waals surface area contributed by atoms with Gasteiger partial charge in [0, 0.05) is 36.7 Å². The Labute approximate surface area is 157 Å². The zero-order valence-corrected chi connectivity index (χ0v) is 14.7. The number of benzene rings is 1. The predicted molar refractivity (Wildman–Crippen MR) is 97.8 cm³/mol. The summed E-state index contributed by atoms with van der Waals surface area (Å²) < 4.78 is 15.8. The summed E-state index contributed by atoms with van der Waals surface area (Å²) in [7, 11) is 0. The van der Waals surface area contributed by atoms with Crippen molar-refractivity contribution < 1.29 is 9.18 Å². The van der Waals surface area contributed by atoms with Crippen molar-refractivity contribution in [2.75, 3.05) is 0 Å². The molecule has 134 valence electrons. The lowest BCUT2D eigenvalue weighted by Gasteiger charge is -2.07. The summed E-state index contributed by atoms with van der Waals surface area (Å²) in [6, 6.07) is 6.50. The maximum atomic E-state index is 14.3. The highest BCUT2D eigenvalue weighted by atomic mass is 32.1. The molecule has 1 aromatic carbocycles. The fourth-order valence-electron chi connectivity index (χ4n) is 2.43. The van der Waals surface area contributed by atoms with E-state index in [2.05, 4.69) is 25.3 Å². The van der Waals surface area contributed by atoms with Crippen LogP contribution < -0.4 is 5.32 Å². The number of carbonyl (C=O) groups is 1. The number of hydrogen-bond acceptors (Lipinski definition) is 6. The van der Waals surface area contributed by atoms with Crippen LogP contribution in [0.25, 0.3) is 16.5 Å². The molecule has 0 unspecified atom stereocenters. The maximum absolute atomic E-state index is 14.3. The topological polar surface area (TPSA) is 85.6 Å². The van der Waals surface area contributed by atoms with E-state index < -0.39 is 5.82 Å². The number of nitrogens with one attached hydrogen (secondary N) is 1. The van der Waals surface area contributed by atoms with E-state index in [1.807, 2.05) is 0 Å². The van der Waals surface area contributed by atoms with Crippen molar-refractivity contribution in [2.45, 2.75) is 6.54 Å². The molecule has 9 heteroatoms. The van der Waals surface area contributed by atoms with Crippen molar-refractivity contribution in [3.8, 4) is 16.5 Å². The molecule has 0 atom stereocenters. The first-order chi connectivity index (χ1) is 13.2. The minimum atomic E-state index is -0.392. The normalized spacial score (nSPS) is 10.7. The van der Waals surface area contributed by atoms with Gasteiger partial charge >= 0.3 is 0 Å². The molecule has 3 aromatic heterocycles. The predicted octanol–water partition coefficient (Wildman–Crippen LogP) is 2.85. The molecule has 0 spiro atoms. The SMILES string of the molecule is O=C(NCc1ccc(-n2ccnc2)c(F)c1)c1csc(-c2ncccn2)n1. The Bertz CT molecular complexity index is 1060. The first kappa shape index (κ1) is 17.0. The van der Waals surface area contributed by atoms with Gasteiger partial charge < -0.3 is 9.88 Å². The lowest BCUT2D eigenvalue weighted by molar-refractivity contribution is 0.0946. The Balaban J connectivity index is 1.42. The first-order valence-corrected chi connectivity index (χ1v) is 8.86. The lowest BCUT2D eigenvalue weighted by atomic mass is 10.2. The smallest absolute Gasteiger partial charge is 0.271 e. The number of rotatable bonds is 5. The van der Waals surface area contributed by atoms with E-state index >= 15 is 0 Å². The third kappa shape index (κ3) is 3.72. The Hall–Kier alpha value is -3.46. The van der Waals surface area contributed by atoms with Gasteiger partial charge in [0.05, 0.1) is 12.0 Å². The zero-order chi connectivity index (χ0) is 18.6. The van der Waals surface area contributed by atoms with Crippen molar-refractivity contribution in [1.29, 1.82) is 0 Å². The quantitative estimate of drug-likeness (QED) is 0.575. The van der Waals surface area contributed by atoms with Gasteiger partial charge in [-0.3, -0.25) is 4.79 Å². The minimum absolute atomic E-state index is 0.189. The van der Waals surface area contributed by atoms with Crippen LogP contribution >= 0.6 is 11.3 Å². The molecular formula is C18H13FN6OS. The van der Waals surface area contributed by atoms with E-state index in [9.17, 15) is 9.18 Å². The number of carbonyl (C=O) groups excluding carboxylic acids is 1. The van der Waals surface area contributed by atoms with Crippen LogP contribution in [-0.2, 0) is 6.54 Å². The van der Waals surface area contributed by atoms with Crippen molar-refractivity contribution >= 4 is 17.2 Å². The van der Waals surface area contributed by atoms with Crippen molar-refractivity contribution in [1.82, 2.24) is 29.8 Å². The summed E-state index contributed by atoms with van der Waals surface area (Å²) in [5.41, 5.74) is 1.32. The average Bonchev–Trinajstić information content (AvgIpc) is 3.39. The highest BCUT2D eigenvalue weighted by molar-refractivity contribution is 7.13. The van der Waals surface area contributed by atoms with Gasteiger partial charge in [0.1, 0.15) is 11.5 Å². The molecule has 4 aromatic rings. The number of aromatic nitrogens is 5. The van der Waals surface area contributed by atoms with Gasteiger partial charge in [0.25, 0.3) is 5.91 Å². The van der Waals surface area contributed by atoms with Crippen molar-refractivity contribution in [3.63, 3.8) is 0 Å². The molecule has 3 heterocycles. The van der Waals surface area contributed by atoms with E-state index in [0.717, 1.165) is 0 Å². The summed E-state index contributed by atoms with van der Waals surface area (Å²) in [5.74, 6) is -0.261. The molecule has 0 aliphatic rings. The van der Waals surface area contributed by atoms with E-state index in [0.29, 0.717) is 22.1 Å². The number of halogens is 1. The highest BCUT2D eigenvalue weighted by Crippen LogP contribution is 2.19. The van der Waals surface area contributed by atoms with E-state index in [1.165, 1.54) is 23.7 Å². The second-order valence-corrected chi connectivity index (χ2v) is 6.41. The molecule has 0 fully saturated rings. The molecule has 7 nitrogen and oxygen atoms in total. The van der Waals surface area contributed by atoms with Crippen LogP contribution in [-0.4, -0.2) is 30.4 Å². The molecule has 27 heavy (non-hydrogen) atoms. The highest BCUT2D eigenvalue weighted by Gasteiger charge is 2.13. The number of imidazole rings is 1. The van der Waals surface area contributed by atoms with Crippen LogP contribution in [0.3, 0.4) is 0 Å². The van der Waals surface area contributed by atoms with Gasteiger partial charge in [-0.2, -0.15) is 0 Å². The molecule has 0 aliphatic heterocycles. The van der Waals surface area contributed by atoms with E-state index in [1.54, 1.807) is 52.9 Å². The number of hydrogen-bond donors (Lipinski definition) is 1. The first-order valence-electron chi connectivity index (χ1n) is 7.98. The monoisotopic (exact) mass is 380 g/mol. The summed E-state index contributed by atoms with van der Waals surface area (Å²) in [5, 5.41) is 4.95. The van der Waals surface area contributed by atoms with Gasteiger partial charge in [0.15, 0.2) is 10.8 Å². The van der Waals surface area contributed by atoms with Gasteiger partial charge in [-0.15, -0.1) is 11.3 Å². The Kier molecular flexibility index (Phi) is 4.67. The lowest BCUT2D eigenvalue weighted by Crippen LogP contribution is -2.23. The Morgan fingerprint density at radius 2 is 2.07 bits per heavy atom. The van der Waals surface area contributed by atoms with Gasteiger partial charge in [-0.25, -0.2) is 24.3 Å². The summed E-state index contributed by atoms with van der Waals surface area (Å²) >= 11 is 1.29. The molecule has 0 saturated heterocycles. The van der Waals surface area contributed by atoms with Crippen LogP contribution in [0.1, 0.15) is 16.1 Å². The molecular weight excluding hydrogens is 367 g/mol. The van der Waals surface area contributed by atoms with Gasteiger partial charge in [-0.05, 0) is 23.8 Å². The third-order valence-corrected chi connectivity index (χ3v) is 4.58. The molecule has 0 saturated carbocycles. The number of amides is 1. The van der Waals surface area contributed by atoms with Crippen LogP contribution in [0.5, 0.6) is 0 Å². The van der Waals surface area contributed by atoms with E-state index in [4.69, 9.17) is 0 Å². The number of thiazole rings is 1. The average molecular weight is 380 g/mol. The Morgan fingerprint density at radius 1 is 1.22 bits per heavy atom. The zero-order valence-electron chi connectivity index (χ0n) is 13.9. The van der Waals surface area contributed by atoms with E-state index in [-0.39, 0.29) is 18.1 Å². The van der Waals surface area contributed by atoms with Gasteiger partial charge in [0.2, 0.25) is 0 Å². The second kappa shape index (κ2) is 7.42. The van der Waals surface area contributed by atoms with Crippen LogP contribution in [0.2, 0.25) is 0 Å². The summed E-state index contributed by atoms with van der Waals surface area (Å²) in [4.78, 5) is 28.7. The minimum Gasteiger partial charge on any atom is -0.347 e. The molecule has 0 aliphatic carbocycles. The fraction of sp³-hybridized carbons (Fsp3) is 0.0556. The summed E-state index contributed by atoms with van der Waals surface area (Å²) in [6.45, 7) is 0.189. The van der Waals surface area contributed by atoms with Crippen LogP contribution in [0.4, 0.5) is 4.39 Å². The number of nitrogens with zero attached hydrogens (tertiary/aromatic N) is 5.